The van der Waals surface area contributed by atoms with Crippen LogP contribution in [-0.4, -0.2) is 124 Å². The third-order valence-electron chi connectivity index (χ3n) is 6.71. The van der Waals surface area contributed by atoms with Crippen LogP contribution in [-0.2, 0) is 45.9 Å². The van der Waals surface area contributed by atoms with Gasteiger partial charge in [-0.15, -0.1) is 0 Å². The predicted molar refractivity (Wildman–Crippen MR) is 168 cm³/mol. The summed E-state index contributed by atoms with van der Waals surface area (Å²) < 4.78 is 61.8. The normalized spacial score (nSPS) is 23.1. The summed E-state index contributed by atoms with van der Waals surface area (Å²) in [6.07, 6.45) is -4.82. The number of fused-ring (bicyclic) bond motifs is 1. The summed E-state index contributed by atoms with van der Waals surface area (Å²) in [5.41, 5.74) is 4.31. The van der Waals surface area contributed by atoms with E-state index in [1.165, 1.54) is 25.6 Å². The maximum atomic E-state index is 12.6. The van der Waals surface area contributed by atoms with Crippen molar-refractivity contribution in [3.05, 3.63) is 12.7 Å². The van der Waals surface area contributed by atoms with E-state index >= 15 is 0 Å². The van der Waals surface area contributed by atoms with E-state index in [0.29, 0.717) is 12.3 Å². The summed E-state index contributed by atoms with van der Waals surface area (Å²) in [4.78, 5) is 74.9. The molecule has 1 fully saturated rings. The van der Waals surface area contributed by atoms with Crippen molar-refractivity contribution in [3.63, 3.8) is 0 Å². The van der Waals surface area contributed by atoms with Gasteiger partial charge in [0.05, 0.1) is 19.5 Å². The van der Waals surface area contributed by atoms with E-state index in [2.05, 4.69) is 34.4 Å². The van der Waals surface area contributed by atoms with Gasteiger partial charge in [-0.05, 0) is 6.26 Å². The Balaban J connectivity index is 1.59. The number of rotatable bonds is 19. The van der Waals surface area contributed by atoms with Crippen molar-refractivity contribution in [1.29, 1.82) is 0 Å². The lowest BCUT2D eigenvalue weighted by Crippen LogP contribution is -2.46. The number of carbonyl (C=O) groups excluding carboxylic acids is 2. The van der Waals surface area contributed by atoms with Crippen LogP contribution in [0.25, 0.3) is 11.2 Å². The van der Waals surface area contributed by atoms with Gasteiger partial charge >= 0.3 is 23.5 Å². The number of aromatic nitrogens is 4. The number of amides is 2. The van der Waals surface area contributed by atoms with Gasteiger partial charge in [-0.1, -0.05) is 13.8 Å². The molecule has 0 aliphatic carbocycles. The van der Waals surface area contributed by atoms with Gasteiger partial charge in [-0.25, -0.2) is 28.6 Å². The molecule has 0 saturated carbocycles. The van der Waals surface area contributed by atoms with E-state index in [1.54, 1.807) is 0 Å². The largest absolute Gasteiger partial charge is 0.481 e. The number of nitrogen functional groups attached to an aromatic ring is 1. The molecule has 0 aromatic carbocycles. The maximum Gasteiger partial charge on any atom is 0.481 e. The molecule has 2 aromatic rings. The van der Waals surface area contributed by atoms with Crippen molar-refractivity contribution >= 4 is 64.0 Å². The summed E-state index contributed by atoms with van der Waals surface area (Å²) in [6.45, 7) is 0.896. The fraction of sp³-hybridized carbons (Fsp3) is 0.682. The predicted octanol–water partition coefficient (Wildman–Crippen LogP) is -1.23. The fourth-order valence-corrected chi connectivity index (χ4v) is 7.37. The second kappa shape index (κ2) is 16.9. The number of aliphatic hydroxyl groups is 2. The first-order valence-electron chi connectivity index (χ1n) is 14.0. The smallest absolute Gasteiger partial charge is 0.386 e. The summed E-state index contributed by atoms with van der Waals surface area (Å²) in [5.74, 6) is -0.590. The summed E-state index contributed by atoms with van der Waals surface area (Å²) in [6, 6.07) is 0. The molecule has 6 unspecified atom stereocenters. The molecule has 0 radical (unpaired) electrons. The molecule has 0 bridgehead atoms. The van der Waals surface area contributed by atoms with Crippen LogP contribution in [0.15, 0.2) is 12.7 Å². The first-order chi connectivity index (χ1) is 22.7. The number of carbonyl (C=O) groups is 2. The third-order valence-corrected chi connectivity index (χ3v) is 10.4. The van der Waals surface area contributed by atoms with Gasteiger partial charge in [-0.3, -0.25) is 27.7 Å². The molecule has 0 spiro atoms. The lowest BCUT2D eigenvalue weighted by Gasteiger charge is -2.30. The average Bonchev–Trinajstić information content (AvgIpc) is 3.55. The highest BCUT2D eigenvalue weighted by molar-refractivity contribution is 7.98. The Morgan fingerprint density at radius 3 is 2.43 bits per heavy atom. The Bertz CT molecular complexity index is 1610. The Morgan fingerprint density at radius 2 is 1.78 bits per heavy atom. The lowest BCUT2D eigenvalue weighted by molar-refractivity contribution is -0.137. The monoisotopic (exact) mass is 781 g/mol. The lowest BCUT2D eigenvalue weighted by atomic mass is 9.87. The molecule has 1 aliphatic rings. The highest BCUT2D eigenvalue weighted by atomic mass is 32.2. The van der Waals surface area contributed by atoms with Crippen molar-refractivity contribution in [1.82, 2.24) is 30.2 Å². The quantitative estimate of drug-likeness (QED) is 0.0595. The van der Waals surface area contributed by atoms with Crippen molar-refractivity contribution in [3.8, 4) is 0 Å². The maximum absolute atomic E-state index is 12.6. The molecular weight excluding hydrogens is 743 g/mol. The summed E-state index contributed by atoms with van der Waals surface area (Å²) in [7, 11) is -16.3. The zero-order valence-electron chi connectivity index (χ0n) is 26.2. The number of phosphoric acid groups is 3. The molecule has 27 heteroatoms. The van der Waals surface area contributed by atoms with Crippen LogP contribution < -0.4 is 16.4 Å². The molecule has 2 amide bonds. The minimum absolute atomic E-state index is 0.0345. The van der Waals surface area contributed by atoms with Gasteiger partial charge in [0.25, 0.3) is 0 Å². The number of nitrogens with one attached hydrogen (secondary N) is 2. The Hall–Kier alpha value is -2.11. The summed E-state index contributed by atoms with van der Waals surface area (Å²) >= 11 is 1.53. The number of phosphoric ester groups is 3. The molecule has 278 valence electrons. The van der Waals surface area contributed by atoms with Gasteiger partial charge in [0.2, 0.25) is 11.8 Å². The van der Waals surface area contributed by atoms with E-state index in [-0.39, 0.29) is 35.9 Å². The number of imidazole rings is 1. The van der Waals surface area contributed by atoms with Gasteiger partial charge in [-0.2, -0.15) is 16.1 Å². The summed E-state index contributed by atoms with van der Waals surface area (Å²) in [5, 5.41) is 26.3. The zero-order chi connectivity index (χ0) is 36.8. The van der Waals surface area contributed by atoms with Crippen LogP contribution in [0, 0.1) is 5.41 Å². The van der Waals surface area contributed by atoms with Crippen LogP contribution in [0.4, 0.5) is 5.82 Å². The molecule has 23 nitrogen and oxygen atoms in total. The molecule has 7 atom stereocenters. The number of nitrogens with zero attached hydrogens (tertiary/aromatic N) is 4. The van der Waals surface area contributed by atoms with Gasteiger partial charge in [0.15, 0.2) is 17.7 Å². The van der Waals surface area contributed by atoms with E-state index < -0.39 is 78.6 Å². The molecular formula is C22H38N7O16P3S. The SMILES string of the molecule is CSCCNC(=O)CCNC(=O)[C@H](O)C(C)(C)COP(=O)(O)OP(=O)(O)OCC1OC(n2cnc3c(N)ncnc32)C(O)C1OP(=O)(O)O. The molecule has 3 rings (SSSR count). The van der Waals surface area contributed by atoms with Crippen molar-refractivity contribution < 1.29 is 75.7 Å². The molecule has 3 heterocycles. The second-order valence-electron chi connectivity index (χ2n) is 11.1. The minimum Gasteiger partial charge on any atom is -0.386 e. The topological polar surface area (TPSA) is 347 Å². The number of aliphatic hydroxyl groups excluding tert-OH is 2. The number of thioether (sulfide) groups is 1. The van der Waals surface area contributed by atoms with Crippen LogP contribution in [0.3, 0.4) is 0 Å². The zero-order valence-corrected chi connectivity index (χ0v) is 29.7. The van der Waals surface area contributed by atoms with E-state index in [1.807, 2.05) is 6.26 Å². The standard InChI is InChI=1S/C22H38N7O16P3S/c1-22(2,17(32)20(33)25-5-4-13(30)24-6-7-49-3)9-42-48(39,40)45-47(37,38)41-8-12-16(44-46(34,35)36)15(31)21(43-12)29-11-28-14-18(23)26-10-27-19(14)29/h10-12,15-17,21,31-32H,4-9H2,1-3H3,(H,24,30)(H,25,33)(H,37,38)(H,39,40)(H2,23,26,27)(H2,34,35,36)/t12?,15?,16?,17-,21?/m0/s1. The number of anilines is 1. The van der Waals surface area contributed by atoms with E-state index in [4.69, 9.17) is 19.5 Å². The van der Waals surface area contributed by atoms with Crippen LogP contribution >= 0.6 is 35.2 Å². The highest BCUT2D eigenvalue weighted by Gasteiger charge is 2.50. The highest BCUT2D eigenvalue weighted by Crippen LogP contribution is 2.61. The Labute approximate surface area is 282 Å². The van der Waals surface area contributed by atoms with Gasteiger partial charge < -0.3 is 50.9 Å². The molecule has 49 heavy (non-hydrogen) atoms. The number of ether oxygens (including phenoxy) is 1. The van der Waals surface area contributed by atoms with Gasteiger partial charge in [0, 0.05) is 30.7 Å². The average molecular weight is 782 g/mol. The number of hydrogen-bond acceptors (Lipinski definition) is 17. The molecule has 1 aliphatic heterocycles. The third kappa shape index (κ3) is 12.0. The first-order valence-corrected chi connectivity index (χ1v) is 20.0. The van der Waals surface area contributed by atoms with Crippen molar-refractivity contribution in [2.45, 2.75) is 50.9 Å². The Morgan fingerprint density at radius 1 is 1.10 bits per heavy atom. The van der Waals surface area contributed by atoms with Crippen LogP contribution in [0.5, 0.6) is 0 Å². The minimum atomic E-state index is -5.54. The van der Waals surface area contributed by atoms with Crippen LogP contribution in [0.1, 0.15) is 26.5 Å². The second-order valence-corrected chi connectivity index (χ2v) is 16.3. The van der Waals surface area contributed by atoms with Gasteiger partial charge in [0.1, 0.15) is 36.3 Å². The Kier molecular flexibility index (Phi) is 14.3. The number of hydrogen-bond donors (Lipinski definition) is 9. The van der Waals surface area contributed by atoms with Crippen LogP contribution in [0.2, 0.25) is 0 Å². The van der Waals surface area contributed by atoms with Crippen molar-refractivity contribution in [2.75, 3.05) is 44.0 Å². The number of nitrogens with two attached hydrogens (primary N) is 1. The molecule has 2 aromatic heterocycles. The first kappa shape index (κ1) is 41.3. The molecule has 1 saturated heterocycles. The van der Waals surface area contributed by atoms with E-state index in [0.717, 1.165) is 17.2 Å². The molecule has 10 N–H and O–H groups in total. The van der Waals surface area contributed by atoms with Crippen molar-refractivity contribution in [2.24, 2.45) is 5.41 Å². The van der Waals surface area contributed by atoms with E-state index in [9.17, 15) is 53.1 Å². The fourth-order valence-electron chi connectivity index (χ4n) is 4.23.